The van der Waals surface area contributed by atoms with Crippen LogP contribution in [0.25, 0.3) is 56.2 Å². The summed E-state index contributed by atoms with van der Waals surface area (Å²) in [5, 5.41) is 52.5. The lowest BCUT2D eigenvalue weighted by molar-refractivity contribution is -0.117. The Morgan fingerprint density at radius 2 is 1.09 bits per heavy atom. The van der Waals surface area contributed by atoms with Crippen LogP contribution in [0.1, 0.15) is 38.1 Å². The van der Waals surface area contributed by atoms with Gasteiger partial charge in [0.1, 0.15) is 17.7 Å². The van der Waals surface area contributed by atoms with Crippen molar-refractivity contribution in [1.29, 1.82) is 10.5 Å². The van der Waals surface area contributed by atoms with E-state index in [9.17, 15) is 33.9 Å². The molecule has 4 heterocycles. The van der Waals surface area contributed by atoms with E-state index in [0.29, 0.717) is 18.5 Å². The van der Waals surface area contributed by atoms with E-state index in [2.05, 4.69) is 97.2 Å². The molecular weight excluding hydrogens is 969 g/mol. The van der Waals surface area contributed by atoms with Gasteiger partial charge in [-0.3, -0.25) is 14.6 Å². The number of carbonyl (C=O) groups is 1. The summed E-state index contributed by atoms with van der Waals surface area (Å²) in [4.78, 5) is 16.8. The summed E-state index contributed by atoms with van der Waals surface area (Å²) in [6.07, 6.45) is 2.44. The van der Waals surface area contributed by atoms with Crippen LogP contribution in [0.3, 0.4) is 0 Å². The van der Waals surface area contributed by atoms with Crippen molar-refractivity contribution >= 4 is 61.0 Å². The quantitative estimate of drug-likeness (QED) is 0.0334. The summed E-state index contributed by atoms with van der Waals surface area (Å²) in [5.41, 5.74) is 7.44. The third-order valence-electron chi connectivity index (χ3n) is 13.6. The number of hydrogen-bond donors (Lipinski definition) is 6. The highest BCUT2D eigenvalue weighted by Gasteiger charge is 2.20. The number of amides is 1. The smallest absolute Gasteiger partial charge is 0.262 e. The maximum absolute atomic E-state index is 12.6. The number of morpholine rings is 2. The molecule has 8 rings (SSSR count). The summed E-state index contributed by atoms with van der Waals surface area (Å²) < 4.78 is 42.1. The van der Waals surface area contributed by atoms with Crippen molar-refractivity contribution in [2.75, 3.05) is 103 Å². The molecule has 6 aromatic rings. The van der Waals surface area contributed by atoms with E-state index in [1.807, 2.05) is 60.5 Å². The number of allylic oxidation sites excluding steroid dienone is 1. The van der Waals surface area contributed by atoms with Gasteiger partial charge in [-0.05, 0) is 118 Å². The first-order valence-corrected chi connectivity index (χ1v) is 27.1. The number of aliphatic hydroxyl groups excluding tert-OH is 2. The average Bonchev–Trinajstić information content (AvgIpc) is 4.00. The van der Waals surface area contributed by atoms with Crippen molar-refractivity contribution in [3.05, 3.63) is 119 Å². The van der Waals surface area contributed by atoms with Gasteiger partial charge in [0.15, 0.2) is 4.91 Å². The molecule has 2 aliphatic rings. The number of sulfonamides is 1. The summed E-state index contributed by atoms with van der Waals surface area (Å²) in [7, 11) is -0.278. The first-order chi connectivity index (χ1) is 36.3. The highest BCUT2D eigenvalue weighted by molar-refractivity contribution is 7.93. The summed E-state index contributed by atoms with van der Waals surface area (Å²) in [5.74, 6) is -0.488. The zero-order valence-corrected chi connectivity index (χ0v) is 44.2. The van der Waals surface area contributed by atoms with Gasteiger partial charge in [-0.15, -0.1) is 0 Å². The van der Waals surface area contributed by atoms with Gasteiger partial charge >= 0.3 is 0 Å². The van der Waals surface area contributed by atoms with Crippen LogP contribution >= 0.6 is 0 Å². The lowest BCUT2D eigenvalue weighted by Crippen LogP contribution is -2.38. The highest BCUT2D eigenvalue weighted by atomic mass is 32.2. The van der Waals surface area contributed by atoms with E-state index in [1.165, 1.54) is 6.08 Å². The fourth-order valence-electron chi connectivity index (χ4n) is 8.80. The van der Waals surface area contributed by atoms with Gasteiger partial charge < -0.3 is 44.8 Å². The van der Waals surface area contributed by atoms with Crippen LogP contribution in [0.15, 0.2) is 108 Å². The van der Waals surface area contributed by atoms with Gasteiger partial charge in [0.05, 0.1) is 38.6 Å². The van der Waals surface area contributed by atoms with Gasteiger partial charge in [0.25, 0.3) is 15.9 Å². The minimum Gasteiger partial charge on any atom is -0.392 e. The molecule has 17 nitrogen and oxygen atoms in total. The molecule has 18 heteroatoms. The number of ether oxygens (including phenoxy) is 2. The van der Waals surface area contributed by atoms with E-state index in [-0.39, 0.29) is 18.7 Å². The molecule has 2 fully saturated rings. The first kappa shape index (κ1) is 55.9. The molecule has 0 radical (unpaired) electrons. The Morgan fingerprint density at radius 3 is 1.56 bits per heavy atom. The second-order valence-corrected chi connectivity index (χ2v) is 20.4. The summed E-state index contributed by atoms with van der Waals surface area (Å²) in [6, 6.07) is 36.6. The lowest BCUT2D eigenvalue weighted by atomic mass is 10.0. The SMILES string of the molecule is CCC(O)CNC(=O)/C(C#N)=C/c1ccc(-c2ccc3cc(NCCN4CCOCC4)ccc3c2)n1C.CCC(O)CNS(=O)(=O)/C(C#N)=C/c1ccc(-c2ccc3cc(NCCN4CCOCC4)ccc3c2)n1C. The minimum atomic E-state index is -4.03. The predicted octanol–water partition coefficient (Wildman–Crippen LogP) is 6.53. The predicted molar refractivity (Wildman–Crippen MR) is 298 cm³/mol. The molecule has 4 aromatic carbocycles. The second-order valence-electron chi connectivity index (χ2n) is 18.7. The molecule has 0 saturated carbocycles. The molecule has 0 spiro atoms. The number of aromatic nitrogens is 2. The third kappa shape index (κ3) is 15.4. The van der Waals surface area contributed by atoms with Crippen molar-refractivity contribution < 1.29 is 32.9 Å². The average molecular weight is 1040 g/mol. The van der Waals surface area contributed by atoms with E-state index < -0.39 is 33.0 Å². The van der Waals surface area contributed by atoms with Gasteiger partial charge in [-0.1, -0.05) is 50.2 Å². The van der Waals surface area contributed by atoms with Gasteiger partial charge in [-0.2, -0.15) is 10.5 Å². The maximum atomic E-state index is 12.6. The molecule has 2 unspecified atom stereocenters. The van der Waals surface area contributed by atoms with Crippen LogP contribution < -0.4 is 20.7 Å². The Hall–Kier alpha value is -6.84. The molecular formula is C57H70N10O7S. The molecule has 2 atom stereocenters. The maximum Gasteiger partial charge on any atom is 0.262 e. The molecule has 2 aromatic heterocycles. The first-order valence-electron chi connectivity index (χ1n) is 25.6. The van der Waals surface area contributed by atoms with Gasteiger partial charge in [-0.25, -0.2) is 13.1 Å². The molecule has 0 aliphatic carbocycles. The molecule has 2 aliphatic heterocycles. The number of nitrogens with zero attached hydrogens (tertiary/aromatic N) is 6. The molecule has 6 N–H and O–H groups in total. The Kier molecular flexibility index (Phi) is 20.2. The third-order valence-corrected chi connectivity index (χ3v) is 14.9. The van der Waals surface area contributed by atoms with Crippen LogP contribution in [0.2, 0.25) is 0 Å². The van der Waals surface area contributed by atoms with Crippen LogP contribution in [0.5, 0.6) is 0 Å². The van der Waals surface area contributed by atoms with Crippen molar-refractivity contribution in [3.63, 3.8) is 0 Å². The lowest BCUT2D eigenvalue weighted by Gasteiger charge is -2.26. The van der Waals surface area contributed by atoms with E-state index in [1.54, 1.807) is 25.1 Å². The number of benzene rings is 4. The molecule has 2 saturated heterocycles. The molecule has 0 bridgehead atoms. The van der Waals surface area contributed by atoms with Gasteiger partial charge in [0.2, 0.25) is 0 Å². The van der Waals surface area contributed by atoms with Gasteiger partial charge in [0, 0.05) is 114 Å². The second kappa shape index (κ2) is 27.1. The number of nitrogens with one attached hydrogen (secondary N) is 4. The minimum absolute atomic E-state index is 0.00298. The van der Waals surface area contributed by atoms with E-state index in [4.69, 9.17) is 9.47 Å². The van der Waals surface area contributed by atoms with Crippen LogP contribution in [-0.2, 0) is 38.4 Å². The topological polar surface area (TPSA) is 222 Å². The van der Waals surface area contributed by atoms with Crippen molar-refractivity contribution in [1.82, 2.24) is 29.0 Å². The molecule has 1 amide bonds. The van der Waals surface area contributed by atoms with E-state index >= 15 is 0 Å². The van der Waals surface area contributed by atoms with E-state index in [0.717, 1.165) is 140 Å². The largest absolute Gasteiger partial charge is 0.392 e. The highest BCUT2D eigenvalue weighted by Crippen LogP contribution is 2.30. The van der Waals surface area contributed by atoms with Crippen molar-refractivity contribution in [2.45, 2.75) is 38.9 Å². The number of hydrogen-bond acceptors (Lipinski definition) is 13. The number of carbonyl (C=O) groups excluding carboxylic acids is 1. The number of anilines is 2. The summed E-state index contributed by atoms with van der Waals surface area (Å²) in [6.45, 7) is 14.5. The Balaban J connectivity index is 0.000000219. The van der Waals surface area contributed by atoms with Crippen molar-refractivity contribution in [2.24, 2.45) is 14.1 Å². The number of fused-ring (bicyclic) bond motifs is 2. The number of nitriles is 2. The number of aliphatic hydroxyl groups is 2. The zero-order valence-electron chi connectivity index (χ0n) is 43.4. The standard InChI is InChI=1S/C29H35N5O3.C28H35N5O4S/c1-3-27(35)20-32-29(36)24(19-30)18-26-8-9-28(33(26)2)23-5-4-22-17-25(7-6-21(22)16-23)31-10-11-34-12-14-37-15-13-34;1-3-26(34)20-31-38(35,36)27(19-29)18-25-8-9-28(32(25)2)23-5-4-22-17-24(7-6-21(22)16-23)30-10-11-33-12-14-37-15-13-33/h4-9,16-18,27,31,35H,3,10-15,20H2,1-2H3,(H,32,36);4-9,16-18,26,30-31,34H,3,10-15,20H2,1-2H3/b24-18+;27-18+. The summed E-state index contributed by atoms with van der Waals surface area (Å²) >= 11 is 0. The molecule has 396 valence electrons. The van der Waals surface area contributed by atoms with Crippen LogP contribution in [-0.4, -0.2) is 148 Å². The fourth-order valence-corrected chi connectivity index (χ4v) is 9.76. The normalized spacial score (nSPS) is 15.6. The number of rotatable bonds is 21. The Bertz CT molecular complexity index is 3160. The van der Waals surface area contributed by atoms with Crippen molar-refractivity contribution in [3.8, 4) is 34.7 Å². The Labute approximate surface area is 440 Å². The monoisotopic (exact) mass is 1040 g/mol. The zero-order chi connectivity index (χ0) is 53.3. The van der Waals surface area contributed by atoms with Crippen LogP contribution in [0.4, 0.5) is 11.4 Å². The Morgan fingerprint density at radius 1 is 0.640 bits per heavy atom. The molecule has 75 heavy (non-hydrogen) atoms. The fraction of sp³-hybridized carbons (Fsp3) is 0.386. The van der Waals surface area contributed by atoms with Crippen LogP contribution in [0, 0.1) is 22.7 Å².